The highest BCUT2D eigenvalue weighted by molar-refractivity contribution is 14.0. The molecule has 1 saturated carbocycles. The lowest BCUT2D eigenvalue weighted by Crippen LogP contribution is -2.60. The summed E-state index contributed by atoms with van der Waals surface area (Å²) in [5, 5.41) is 4.53. The van der Waals surface area contributed by atoms with Crippen LogP contribution in [0.1, 0.15) is 47.7 Å². The van der Waals surface area contributed by atoms with Crippen molar-refractivity contribution in [1.82, 2.24) is 15.2 Å². The fraction of sp³-hybridized carbons (Fsp3) is 0.778. The lowest BCUT2D eigenvalue weighted by atomic mass is 9.87. The number of nitrogens with zero attached hydrogens (tertiary/aromatic N) is 3. The number of sulfone groups is 1. The number of hydrogen-bond donors (Lipinski definition) is 1. The van der Waals surface area contributed by atoms with Crippen LogP contribution in [0.2, 0.25) is 0 Å². The zero-order chi connectivity index (χ0) is 18.8. The van der Waals surface area contributed by atoms with Crippen molar-refractivity contribution >= 4 is 51.1 Å². The second-order valence-electron chi connectivity index (χ2n) is 7.45. The number of guanidine groups is 1. The molecule has 0 unspecified atom stereocenters. The molecule has 1 N–H and O–H groups in total. The highest BCUT2D eigenvalue weighted by Crippen LogP contribution is 2.38. The molecule has 1 aliphatic carbocycles. The Balaban J connectivity index is 0.00000261. The molecule has 3 rings (SSSR count). The Labute approximate surface area is 184 Å². The monoisotopic (exact) mass is 526 g/mol. The van der Waals surface area contributed by atoms with E-state index in [1.807, 2.05) is 6.92 Å². The van der Waals surface area contributed by atoms with Crippen molar-refractivity contribution < 1.29 is 8.42 Å². The van der Waals surface area contributed by atoms with Gasteiger partial charge in [0.15, 0.2) is 15.8 Å². The van der Waals surface area contributed by atoms with Gasteiger partial charge in [0.25, 0.3) is 0 Å². The predicted octanol–water partition coefficient (Wildman–Crippen LogP) is 2.93. The summed E-state index contributed by atoms with van der Waals surface area (Å²) < 4.78 is 25.0. The molecule has 0 amide bonds. The van der Waals surface area contributed by atoms with Crippen LogP contribution in [0.3, 0.4) is 0 Å². The number of nitrogens with one attached hydrogen (secondary N) is 1. The summed E-state index contributed by atoms with van der Waals surface area (Å²) >= 11 is 1.74. The first-order valence-corrected chi connectivity index (χ1v) is 11.9. The van der Waals surface area contributed by atoms with Crippen LogP contribution in [0.5, 0.6) is 0 Å². The van der Waals surface area contributed by atoms with Crippen molar-refractivity contribution in [1.29, 1.82) is 0 Å². The van der Waals surface area contributed by atoms with E-state index in [0.29, 0.717) is 13.1 Å². The van der Waals surface area contributed by atoms with Crippen LogP contribution in [0.4, 0.5) is 0 Å². The number of aryl methyl sites for hydroxylation is 2. The molecule has 2 fully saturated rings. The number of halogens is 1. The molecular formula is C18H31IN4O2S2. The van der Waals surface area contributed by atoms with Crippen LogP contribution in [0, 0.1) is 13.8 Å². The summed E-state index contributed by atoms with van der Waals surface area (Å²) in [7, 11) is -1.24. The van der Waals surface area contributed by atoms with Gasteiger partial charge in [0.05, 0.1) is 21.2 Å². The van der Waals surface area contributed by atoms with Gasteiger partial charge < -0.3 is 10.2 Å². The number of hydrogen-bond acceptors (Lipinski definition) is 5. The average molecular weight is 527 g/mol. The van der Waals surface area contributed by atoms with E-state index < -0.39 is 14.6 Å². The topological polar surface area (TPSA) is 74.7 Å². The molecule has 27 heavy (non-hydrogen) atoms. The van der Waals surface area contributed by atoms with Crippen molar-refractivity contribution in [2.75, 3.05) is 32.4 Å². The summed E-state index contributed by atoms with van der Waals surface area (Å²) in [6.07, 6.45) is 5.68. The van der Waals surface area contributed by atoms with E-state index in [4.69, 9.17) is 0 Å². The van der Waals surface area contributed by atoms with Crippen LogP contribution < -0.4 is 5.32 Å². The Bertz CT molecular complexity index is 770. The van der Waals surface area contributed by atoms with E-state index in [0.717, 1.165) is 61.7 Å². The van der Waals surface area contributed by atoms with Gasteiger partial charge in [-0.05, 0) is 26.7 Å². The molecule has 1 aromatic rings. The smallest absolute Gasteiger partial charge is 0.193 e. The molecule has 6 nitrogen and oxygen atoms in total. The maximum Gasteiger partial charge on any atom is 0.193 e. The molecular weight excluding hydrogens is 495 g/mol. The zero-order valence-corrected chi connectivity index (χ0v) is 20.4. The van der Waals surface area contributed by atoms with Crippen LogP contribution in [0.15, 0.2) is 4.99 Å². The van der Waals surface area contributed by atoms with E-state index in [1.54, 1.807) is 18.4 Å². The van der Waals surface area contributed by atoms with Gasteiger partial charge in [-0.15, -0.1) is 35.3 Å². The van der Waals surface area contributed by atoms with E-state index in [2.05, 4.69) is 27.1 Å². The van der Waals surface area contributed by atoms with E-state index in [1.165, 1.54) is 4.88 Å². The molecule has 9 heteroatoms. The first-order chi connectivity index (χ1) is 12.4. The van der Waals surface area contributed by atoms with Gasteiger partial charge in [-0.1, -0.05) is 19.3 Å². The Kier molecular flexibility index (Phi) is 7.95. The van der Waals surface area contributed by atoms with Gasteiger partial charge in [-0.2, -0.15) is 0 Å². The Hall–Kier alpha value is -0.420. The van der Waals surface area contributed by atoms with E-state index in [-0.39, 0.29) is 29.7 Å². The molecule has 2 aliphatic rings. The fourth-order valence-corrected chi connectivity index (χ4v) is 7.34. The maximum absolute atomic E-state index is 12.8. The molecule has 1 aliphatic heterocycles. The highest BCUT2D eigenvalue weighted by atomic mass is 127. The minimum Gasteiger partial charge on any atom is -0.356 e. The van der Waals surface area contributed by atoms with Crippen LogP contribution >= 0.6 is 35.3 Å². The molecule has 2 heterocycles. The molecule has 1 saturated heterocycles. The minimum absolute atomic E-state index is 0. The summed E-state index contributed by atoms with van der Waals surface area (Å²) in [5.74, 6) is 1.06. The van der Waals surface area contributed by atoms with Crippen molar-refractivity contribution in [2.24, 2.45) is 4.99 Å². The molecule has 0 aromatic carbocycles. The van der Waals surface area contributed by atoms with Crippen molar-refractivity contribution in [2.45, 2.75) is 57.1 Å². The van der Waals surface area contributed by atoms with Gasteiger partial charge in [0.2, 0.25) is 0 Å². The molecule has 1 aromatic heterocycles. The first kappa shape index (κ1) is 22.9. The third-order valence-electron chi connectivity index (χ3n) is 5.68. The van der Waals surface area contributed by atoms with Crippen LogP contribution in [-0.4, -0.2) is 61.4 Å². The Morgan fingerprint density at radius 3 is 2.59 bits per heavy atom. The van der Waals surface area contributed by atoms with Gasteiger partial charge in [-0.25, -0.2) is 13.4 Å². The van der Waals surface area contributed by atoms with Gasteiger partial charge in [-0.3, -0.25) is 4.99 Å². The molecule has 0 atom stereocenters. The SMILES string of the molecule is CN=C(NCCc1sc(C)nc1C)N1CCS(=O)(=O)C2(CCCCC2)C1.I. The average Bonchev–Trinajstić information content (AvgIpc) is 2.93. The summed E-state index contributed by atoms with van der Waals surface area (Å²) in [6.45, 7) is 5.98. The fourth-order valence-electron chi connectivity index (χ4n) is 4.24. The van der Waals surface area contributed by atoms with Gasteiger partial charge >= 0.3 is 0 Å². The van der Waals surface area contributed by atoms with Crippen molar-refractivity contribution in [3.63, 3.8) is 0 Å². The zero-order valence-electron chi connectivity index (χ0n) is 16.5. The highest BCUT2D eigenvalue weighted by Gasteiger charge is 2.48. The quantitative estimate of drug-likeness (QED) is 0.373. The third kappa shape index (κ3) is 4.95. The van der Waals surface area contributed by atoms with Crippen LogP contribution in [0.25, 0.3) is 0 Å². The predicted molar refractivity (Wildman–Crippen MR) is 123 cm³/mol. The van der Waals surface area contributed by atoms with Gasteiger partial charge in [0, 0.05) is 38.0 Å². The minimum atomic E-state index is -3.02. The lowest BCUT2D eigenvalue weighted by Gasteiger charge is -2.45. The molecule has 154 valence electrons. The Morgan fingerprint density at radius 2 is 2.00 bits per heavy atom. The molecule has 0 radical (unpaired) electrons. The summed E-state index contributed by atoms with van der Waals surface area (Å²) in [5.41, 5.74) is 1.11. The van der Waals surface area contributed by atoms with E-state index >= 15 is 0 Å². The van der Waals surface area contributed by atoms with E-state index in [9.17, 15) is 8.42 Å². The molecule has 1 spiro atoms. The van der Waals surface area contributed by atoms with Crippen LogP contribution in [-0.2, 0) is 16.3 Å². The number of rotatable bonds is 3. The number of aliphatic imine (C=N–C) groups is 1. The van der Waals surface area contributed by atoms with Crippen molar-refractivity contribution in [3.05, 3.63) is 15.6 Å². The van der Waals surface area contributed by atoms with Gasteiger partial charge in [0.1, 0.15) is 0 Å². The second-order valence-corrected chi connectivity index (χ2v) is 11.2. The molecule has 0 bridgehead atoms. The summed E-state index contributed by atoms with van der Waals surface area (Å²) in [6, 6.07) is 0. The Morgan fingerprint density at radius 1 is 1.30 bits per heavy atom. The maximum atomic E-state index is 12.8. The number of aromatic nitrogens is 1. The normalized spacial score (nSPS) is 21.7. The largest absolute Gasteiger partial charge is 0.356 e. The van der Waals surface area contributed by atoms with Crippen molar-refractivity contribution in [3.8, 4) is 0 Å². The third-order valence-corrected chi connectivity index (χ3v) is 9.39. The first-order valence-electron chi connectivity index (χ1n) is 9.48. The second kappa shape index (κ2) is 9.39. The lowest BCUT2D eigenvalue weighted by molar-refractivity contribution is 0.274. The number of thiazole rings is 1. The standard InChI is InChI=1S/C18H30N4O2S2.HI/c1-14-16(25-15(2)21-14)7-10-20-17(19-3)22-11-12-26(23,24)18(13-22)8-5-4-6-9-18;/h4-13H2,1-3H3,(H,19,20);1H. The summed E-state index contributed by atoms with van der Waals surface area (Å²) in [4.78, 5) is 12.3.